The molecule has 0 unspecified atom stereocenters. The number of fused-ring (bicyclic) bond motifs is 1. The van der Waals surface area contributed by atoms with Gasteiger partial charge in [-0.2, -0.15) is 5.26 Å². The van der Waals surface area contributed by atoms with Crippen LogP contribution in [-0.4, -0.2) is 26.4 Å². The van der Waals surface area contributed by atoms with Crippen molar-refractivity contribution < 1.29 is 9.53 Å². The zero-order valence-electron chi connectivity index (χ0n) is 18.1. The number of carbonyl (C=O) groups excluding carboxylic acids is 1. The maximum absolute atomic E-state index is 12.6. The minimum absolute atomic E-state index is 0.147. The summed E-state index contributed by atoms with van der Waals surface area (Å²) in [6.07, 6.45) is 3.88. The highest BCUT2D eigenvalue weighted by Gasteiger charge is 2.23. The maximum atomic E-state index is 12.6. The maximum Gasteiger partial charge on any atom is 0.235 e. The molecule has 0 radical (unpaired) electrons. The topological polar surface area (TPSA) is 92.8 Å². The Balaban J connectivity index is 1.40. The van der Waals surface area contributed by atoms with Crippen molar-refractivity contribution >= 4 is 34.0 Å². The number of thioether (sulfide) groups is 1. The van der Waals surface area contributed by atoms with E-state index in [1.807, 2.05) is 48.7 Å². The molecule has 1 aromatic carbocycles. The number of nitrogens with zero attached hydrogens (tertiary/aromatic N) is 4. The molecule has 1 aliphatic carbocycles. The quantitative estimate of drug-likeness (QED) is 0.470. The van der Waals surface area contributed by atoms with Crippen LogP contribution in [0.3, 0.4) is 0 Å². The molecule has 0 bridgehead atoms. The molecule has 0 aliphatic heterocycles. The minimum atomic E-state index is -0.274. The van der Waals surface area contributed by atoms with E-state index in [0.29, 0.717) is 22.3 Å². The van der Waals surface area contributed by atoms with E-state index in [-0.39, 0.29) is 17.8 Å². The van der Waals surface area contributed by atoms with Crippen molar-refractivity contribution in [3.8, 4) is 11.8 Å². The van der Waals surface area contributed by atoms with Gasteiger partial charge in [0.1, 0.15) is 16.8 Å². The lowest BCUT2D eigenvalue weighted by molar-refractivity contribution is -0.113. The number of nitrogens with one attached hydrogen (secondary N) is 1. The molecule has 3 aromatic rings. The van der Waals surface area contributed by atoms with E-state index in [1.165, 1.54) is 28.0 Å². The fraction of sp³-hybridized carbons (Fsp3) is 0.391. The Morgan fingerprint density at radius 1 is 1.31 bits per heavy atom. The second-order valence-electron chi connectivity index (χ2n) is 7.52. The molecule has 0 saturated heterocycles. The van der Waals surface area contributed by atoms with Gasteiger partial charge in [0.15, 0.2) is 17.1 Å². The van der Waals surface area contributed by atoms with Crippen molar-refractivity contribution in [2.24, 2.45) is 0 Å². The molecular formula is C23H25N5O2S2. The van der Waals surface area contributed by atoms with Gasteiger partial charge in [-0.25, -0.2) is 0 Å². The summed E-state index contributed by atoms with van der Waals surface area (Å²) >= 11 is 2.87. The van der Waals surface area contributed by atoms with Gasteiger partial charge in [-0.3, -0.25) is 4.79 Å². The van der Waals surface area contributed by atoms with E-state index in [2.05, 4.69) is 21.6 Å². The van der Waals surface area contributed by atoms with Gasteiger partial charge in [0.05, 0.1) is 11.3 Å². The number of aryl methyl sites for hydroxylation is 1. The number of hydrogen-bond donors (Lipinski definition) is 1. The third-order valence-electron chi connectivity index (χ3n) is 5.35. The molecule has 2 aromatic heterocycles. The summed E-state index contributed by atoms with van der Waals surface area (Å²) in [4.78, 5) is 13.9. The number of benzene rings is 1. The van der Waals surface area contributed by atoms with Crippen molar-refractivity contribution in [3.05, 3.63) is 52.2 Å². The van der Waals surface area contributed by atoms with Gasteiger partial charge < -0.3 is 14.6 Å². The molecule has 166 valence electrons. The minimum Gasteiger partial charge on any atom is -0.483 e. The number of amides is 1. The first-order valence-corrected chi connectivity index (χ1v) is 12.5. The first-order valence-electron chi connectivity index (χ1n) is 10.7. The van der Waals surface area contributed by atoms with Gasteiger partial charge in [-0.1, -0.05) is 30.0 Å². The van der Waals surface area contributed by atoms with Gasteiger partial charge in [0.25, 0.3) is 0 Å². The smallest absolute Gasteiger partial charge is 0.235 e. The predicted octanol–water partition coefficient (Wildman–Crippen LogP) is 4.98. The van der Waals surface area contributed by atoms with Crippen molar-refractivity contribution in [1.29, 1.82) is 5.26 Å². The Bertz CT molecular complexity index is 1130. The number of para-hydroxylation sites is 1. The SMILES string of the molecule is CCn1c(SCC(=O)Nc2sc3c(c2C#N)CCCC3)nnc1[C@H](C)Oc1ccccc1. The highest BCUT2D eigenvalue weighted by atomic mass is 32.2. The molecule has 1 N–H and O–H groups in total. The molecule has 7 nitrogen and oxygen atoms in total. The van der Waals surface area contributed by atoms with E-state index < -0.39 is 0 Å². The van der Waals surface area contributed by atoms with Gasteiger partial charge in [0.2, 0.25) is 5.91 Å². The number of hydrogen-bond acceptors (Lipinski definition) is 7. The van der Waals surface area contributed by atoms with Gasteiger partial charge in [-0.05, 0) is 57.2 Å². The second kappa shape index (κ2) is 10.2. The first-order chi connectivity index (χ1) is 15.6. The largest absolute Gasteiger partial charge is 0.483 e. The van der Waals surface area contributed by atoms with E-state index in [1.54, 1.807) is 0 Å². The monoisotopic (exact) mass is 467 g/mol. The fourth-order valence-electron chi connectivity index (χ4n) is 3.83. The molecule has 0 spiro atoms. The van der Waals surface area contributed by atoms with Crippen LogP contribution in [0.4, 0.5) is 5.00 Å². The average Bonchev–Trinajstić information content (AvgIpc) is 3.38. The van der Waals surface area contributed by atoms with Crippen LogP contribution in [0, 0.1) is 11.3 Å². The summed E-state index contributed by atoms with van der Waals surface area (Å²) in [6.45, 7) is 4.62. The summed E-state index contributed by atoms with van der Waals surface area (Å²) in [6, 6.07) is 11.9. The molecule has 2 heterocycles. The van der Waals surface area contributed by atoms with Gasteiger partial charge in [-0.15, -0.1) is 21.5 Å². The molecular weight excluding hydrogens is 442 g/mol. The Labute approximate surface area is 195 Å². The van der Waals surface area contributed by atoms with E-state index in [4.69, 9.17) is 4.74 Å². The summed E-state index contributed by atoms with van der Waals surface area (Å²) in [7, 11) is 0. The van der Waals surface area contributed by atoms with Crippen molar-refractivity contribution in [2.75, 3.05) is 11.1 Å². The number of carbonyl (C=O) groups is 1. The highest BCUT2D eigenvalue weighted by molar-refractivity contribution is 7.99. The van der Waals surface area contributed by atoms with Crippen LogP contribution >= 0.6 is 23.1 Å². The lowest BCUT2D eigenvalue weighted by atomic mass is 9.96. The van der Waals surface area contributed by atoms with Crippen molar-refractivity contribution in [3.63, 3.8) is 0 Å². The van der Waals surface area contributed by atoms with Crippen molar-refractivity contribution in [1.82, 2.24) is 14.8 Å². The standard InChI is InChI=1S/C23H25N5O2S2/c1-3-28-21(15(2)30-16-9-5-4-6-10-16)26-27-23(28)31-14-20(29)25-22-18(13-24)17-11-7-8-12-19(17)32-22/h4-6,9-10,15H,3,7-8,11-12,14H2,1-2H3,(H,25,29)/t15-/m0/s1. The summed E-state index contributed by atoms with van der Waals surface area (Å²) in [5, 5.41) is 22.5. The van der Waals surface area contributed by atoms with Gasteiger partial charge in [0, 0.05) is 11.4 Å². The third-order valence-corrected chi connectivity index (χ3v) is 7.52. The first kappa shape index (κ1) is 22.4. The molecule has 1 amide bonds. The molecule has 4 rings (SSSR count). The van der Waals surface area contributed by atoms with Gasteiger partial charge >= 0.3 is 0 Å². The number of anilines is 1. The van der Waals surface area contributed by atoms with Crippen LogP contribution in [-0.2, 0) is 24.2 Å². The number of nitriles is 1. The van der Waals surface area contributed by atoms with E-state index in [0.717, 1.165) is 42.8 Å². The molecule has 1 atom stereocenters. The Kier molecular flexibility index (Phi) is 7.12. The Morgan fingerprint density at radius 3 is 2.84 bits per heavy atom. The second-order valence-corrected chi connectivity index (χ2v) is 9.57. The fourth-order valence-corrected chi connectivity index (χ4v) is 5.89. The van der Waals surface area contributed by atoms with Crippen molar-refractivity contribution in [2.45, 2.75) is 57.3 Å². The zero-order chi connectivity index (χ0) is 22.5. The molecule has 0 saturated carbocycles. The number of rotatable bonds is 8. The number of ether oxygens (including phenoxy) is 1. The Morgan fingerprint density at radius 2 is 2.09 bits per heavy atom. The third kappa shape index (κ3) is 4.81. The molecule has 0 fully saturated rings. The number of aromatic nitrogens is 3. The lowest BCUT2D eigenvalue weighted by Gasteiger charge is -2.15. The van der Waals surface area contributed by atoms with Crippen LogP contribution in [0.15, 0.2) is 35.5 Å². The lowest BCUT2D eigenvalue weighted by Crippen LogP contribution is -2.15. The van der Waals surface area contributed by atoms with E-state index in [9.17, 15) is 10.1 Å². The normalized spacial score (nSPS) is 13.8. The Hall–Kier alpha value is -2.83. The average molecular weight is 468 g/mol. The summed E-state index contributed by atoms with van der Waals surface area (Å²) < 4.78 is 7.95. The number of thiophene rings is 1. The molecule has 9 heteroatoms. The summed E-state index contributed by atoms with van der Waals surface area (Å²) in [5.41, 5.74) is 1.75. The highest BCUT2D eigenvalue weighted by Crippen LogP contribution is 2.37. The zero-order valence-corrected chi connectivity index (χ0v) is 19.8. The van der Waals surface area contributed by atoms with Crippen LogP contribution in [0.25, 0.3) is 0 Å². The summed E-state index contributed by atoms with van der Waals surface area (Å²) in [5.74, 6) is 1.54. The predicted molar refractivity (Wildman–Crippen MR) is 126 cm³/mol. The van der Waals surface area contributed by atoms with E-state index >= 15 is 0 Å². The van der Waals surface area contributed by atoms with Crippen LogP contribution in [0.5, 0.6) is 5.75 Å². The van der Waals surface area contributed by atoms with Crippen LogP contribution in [0.2, 0.25) is 0 Å². The van der Waals surface area contributed by atoms with Crippen LogP contribution < -0.4 is 10.1 Å². The van der Waals surface area contributed by atoms with Crippen LogP contribution in [0.1, 0.15) is 54.6 Å². The molecule has 32 heavy (non-hydrogen) atoms. The molecule has 1 aliphatic rings.